The average Bonchev–Trinajstić information content (AvgIpc) is 2.57. The number of carbonyl (C=O) groups is 1. The van der Waals surface area contributed by atoms with E-state index in [0.29, 0.717) is 0 Å². The van der Waals surface area contributed by atoms with Crippen molar-refractivity contribution in [3.05, 3.63) is 71.8 Å². The van der Waals surface area contributed by atoms with E-state index in [-0.39, 0.29) is 12.5 Å². The quantitative estimate of drug-likeness (QED) is 0.632. The molecule has 2 aromatic rings. The molecule has 0 aliphatic heterocycles. The summed E-state index contributed by atoms with van der Waals surface area (Å²) in [7, 11) is 0. The van der Waals surface area contributed by atoms with Crippen molar-refractivity contribution in [2.75, 3.05) is 11.9 Å². The van der Waals surface area contributed by atoms with Crippen LogP contribution in [0.5, 0.6) is 0 Å². The van der Waals surface area contributed by atoms with Gasteiger partial charge < -0.3 is 5.32 Å². The summed E-state index contributed by atoms with van der Waals surface area (Å²) in [5, 5.41) is 7.13. The number of aryl methyl sites for hydroxylation is 1. The Balaban J connectivity index is 1.79. The highest BCUT2D eigenvalue weighted by Crippen LogP contribution is 2.08. The van der Waals surface area contributed by atoms with Gasteiger partial charge in [-0.05, 0) is 43.2 Å². The fourth-order valence-corrected chi connectivity index (χ4v) is 1.95. The van der Waals surface area contributed by atoms with E-state index in [0.717, 1.165) is 22.5 Å². The third-order valence-electron chi connectivity index (χ3n) is 3.14. The number of benzene rings is 2. The lowest BCUT2D eigenvalue weighted by Gasteiger charge is -2.06. The molecule has 1 amide bonds. The average molecular weight is 307 g/mol. The van der Waals surface area contributed by atoms with E-state index in [1.165, 1.54) is 0 Å². The summed E-state index contributed by atoms with van der Waals surface area (Å²) in [4.78, 5) is 11.8. The summed E-state index contributed by atoms with van der Waals surface area (Å²) in [6.45, 7) is 4.04. The zero-order valence-corrected chi connectivity index (χ0v) is 13.4. The lowest BCUT2D eigenvalue weighted by atomic mass is 10.2. The van der Waals surface area contributed by atoms with Crippen LogP contribution < -0.4 is 10.7 Å². The summed E-state index contributed by atoms with van der Waals surface area (Å²) >= 11 is 0. The van der Waals surface area contributed by atoms with E-state index >= 15 is 0 Å². The molecular weight excluding hydrogens is 286 g/mol. The number of nitrogens with zero attached hydrogens (tertiary/aromatic N) is 1. The van der Waals surface area contributed by atoms with Crippen molar-refractivity contribution in [1.29, 1.82) is 0 Å². The maximum atomic E-state index is 11.8. The van der Waals surface area contributed by atoms with E-state index in [4.69, 9.17) is 0 Å². The van der Waals surface area contributed by atoms with E-state index in [2.05, 4.69) is 15.8 Å². The highest BCUT2D eigenvalue weighted by Gasteiger charge is 1.99. The van der Waals surface area contributed by atoms with Gasteiger partial charge in [0.15, 0.2) is 0 Å². The zero-order valence-electron chi connectivity index (χ0n) is 13.4. The van der Waals surface area contributed by atoms with Crippen LogP contribution in [0.4, 0.5) is 5.69 Å². The second-order valence-electron chi connectivity index (χ2n) is 5.26. The van der Waals surface area contributed by atoms with E-state index in [9.17, 15) is 4.79 Å². The Hall–Kier alpha value is -2.88. The molecule has 0 heterocycles. The summed E-state index contributed by atoms with van der Waals surface area (Å²) in [6, 6.07) is 17.8. The van der Waals surface area contributed by atoms with Gasteiger partial charge in [-0.3, -0.25) is 4.79 Å². The molecule has 0 atom stereocenters. The van der Waals surface area contributed by atoms with Gasteiger partial charge in [0.1, 0.15) is 0 Å². The molecule has 23 heavy (non-hydrogen) atoms. The predicted octanol–water partition coefficient (Wildman–Crippen LogP) is 3.61. The highest BCUT2D eigenvalue weighted by molar-refractivity contribution is 5.97. The van der Waals surface area contributed by atoms with Crippen LogP contribution >= 0.6 is 0 Å². The fraction of sp³-hybridized carbons (Fsp3) is 0.158. The first-order chi connectivity index (χ1) is 11.1. The van der Waals surface area contributed by atoms with Crippen LogP contribution in [-0.4, -0.2) is 18.2 Å². The van der Waals surface area contributed by atoms with E-state index in [1.54, 1.807) is 0 Å². The van der Waals surface area contributed by atoms with Crippen molar-refractivity contribution >= 4 is 23.4 Å². The SMILES string of the molecule is CC(/C=C/c1ccccc1)=N\NC(=O)CNc1cccc(C)c1. The van der Waals surface area contributed by atoms with Crippen LogP contribution in [-0.2, 0) is 4.79 Å². The van der Waals surface area contributed by atoms with Crippen LogP contribution in [0.3, 0.4) is 0 Å². The van der Waals surface area contributed by atoms with E-state index in [1.807, 2.05) is 80.6 Å². The van der Waals surface area contributed by atoms with Crippen LogP contribution in [0.2, 0.25) is 0 Å². The Kier molecular flexibility index (Phi) is 6.12. The van der Waals surface area contributed by atoms with Crippen molar-refractivity contribution in [1.82, 2.24) is 5.43 Å². The number of hydrogen-bond acceptors (Lipinski definition) is 3. The molecule has 2 N–H and O–H groups in total. The van der Waals surface area contributed by atoms with Gasteiger partial charge in [-0.1, -0.05) is 48.5 Å². The summed E-state index contributed by atoms with van der Waals surface area (Å²) in [5.41, 5.74) is 6.43. The fourth-order valence-electron chi connectivity index (χ4n) is 1.95. The predicted molar refractivity (Wildman–Crippen MR) is 96.4 cm³/mol. The van der Waals surface area contributed by atoms with Gasteiger partial charge >= 0.3 is 0 Å². The topological polar surface area (TPSA) is 53.5 Å². The molecule has 0 radical (unpaired) electrons. The van der Waals surface area contributed by atoms with Crippen molar-refractivity contribution < 1.29 is 4.79 Å². The lowest BCUT2D eigenvalue weighted by Crippen LogP contribution is -2.26. The van der Waals surface area contributed by atoms with Crippen molar-refractivity contribution in [2.45, 2.75) is 13.8 Å². The molecule has 2 aromatic carbocycles. The standard InChI is InChI=1S/C19H21N3O/c1-15-7-6-10-18(13-15)20-14-19(23)22-21-16(2)11-12-17-8-4-3-5-9-17/h3-13,20H,14H2,1-2H3,(H,22,23)/b12-11+,21-16+. The molecule has 0 aliphatic rings. The first-order valence-electron chi connectivity index (χ1n) is 7.50. The Morgan fingerprint density at radius 1 is 1.13 bits per heavy atom. The number of amides is 1. The second-order valence-corrected chi connectivity index (χ2v) is 5.26. The number of allylic oxidation sites excluding steroid dienone is 1. The number of hydrogen-bond donors (Lipinski definition) is 2. The maximum Gasteiger partial charge on any atom is 0.259 e. The minimum Gasteiger partial charge on any atom is -0.376 e. The minimum atomic E-state index is -0.182. The van der Waals surface area contributed by atoms with Gasteiger partial charge in [-0.25, -0.2) is 5.43 Å². The second kappa shape index (κ2) is 8.54. The summed E-state index contributed by atoms with van der Waals surface area (Å²) in [5.74, 6) is -0.182. The monoisotopic (exact) mass is 307 g/mol. The smallest absolute Gasteiger partial charge is 0.259 e. The van der Waals surface area contributed by atoms with Gasteiger partial charge in [-0.15, -0.1) is 0 Å². The van der Waals surface area contributed by atoms with Gasteiger partial charge in [-0.2, -0.15) is 5.10 Å². The van der Waals surface area contributed by atoms with Crippen molar-refractivity contribution in [2.24, 2.45) is 5.10 Å². The lowest BCUT2D eigenvalue weighted by molar-refractivity contribution is -0.119. The largest absolute Gasteiger partial charge is 0.376 e. The number of hydrazone groups is 1. The molecule has 0 saturated heterocycles. The van der Waals surface area contributed by atoms with Crippen LogP contribution in [0, 0.1) is 6.92 Å². The van der Waals surface area contributed by atoms with Gasteiger partial charge in [0, 0.05) is 5.69 Å². The van der Waals surface area contributed by atoms with Gasteiger partial charge in [0.2, 0.25) is 0 Å². The van der Waals surface area contributed by atoms with Crippen LogP contribution in [0.25, 0.3) is 6.08 Å². The minimum absolute atomic E-state index is 0.182. The first-order valence-corrected chi connectivity index (χ1v) is 7.50. The van der Waals surface area contributed by atoms with Gasteiger partial charge in [0.25, 0.3) is 5.91 Å². The molecule has 0 aromatic heterocycles. The Morgan fingerprint density at radius 3 is 2.65 bits per heavy atom. The molecule has 0 bridgehead atoms. The number of anilines is 1. The highest BCUT2D eigenvalue weighted by atomic mass is 16.2. The van der Waals surface area contributed by atoms with Crippen LogP contribution in [0.15, 0.2) is 65.8 Å². The molecule has 4 heteroatoms. The molecule has 2 rings (SSSR count). The van der Waals surface area contributed by atoms with Crippen molar-refractivity contribution in [3.8, 4) is 0 Å². The van der Waals surface area contributed by atoms with Gasteiger partial charge in [0.05, 0.1) is 12.3 Å². The molecule has 0 saturated carbocycles. The Bertz CT molecular complexity index is 706. The number of carbonyl (C=O) groups excluding carboxylic acids is 1. The zero-order chi connectivity index (χ0) is 16.5. The third-order valence-corrected chi connectivity index (χ3v) is 3.14. The first kappa shape index (κ1) is 16.5. The van der Waals surface area contributed by atoms with Crippen LogP contribution in [0.1, 0.15) is 18.1 Å². The molecule has 0 aliphatic carbocycles. The molecule has 4 nitrogen and oxygen atoms in total. The van der Waals surface area contributed by atoms with E-state index < -0.39 is 0 Å². The maximum absolute atomic E-state index is 11.8. The normalized spacial score (nSPS) is 11.5. The third kappa shape index (κ3) is 6.18. The number of nitrogens with one attached hydrogen (secondary N) is 2. The summed E-state index contributed by atoms with van der Waals surface area (Å²) in [6.07, 6.45) is 3.82. The van der Waals surface area contributed by atoms with Crippen molar-refractivity contribution in [3.63, 3.8) is 0 Å². The molecular formula is C19H21N3O. The number of rotatable bonds is 6. The Labute approximate surface area is 136 Å². The molecule has 0 fully saturated rings. The molecule has 0 spiro atoms. The molecule has 0 unspecified atom stereocenters. The molecule has 118 valence electrons. The summed E-state index contributed by atoms with van der Waals surface area (Å²) < 4.78 is 0. The Morgan fingerprint density at radius 2 is 1.91 bits per heavy atom.